The molecule has 0 aliphatic carbocycles. The van der Waals surface area contributed by atoms with Gasteiger partial charge in [0.25, 0.3) is 0 Å². The summed E-state index contributed by atoms with van der Waals surface area (Å²) in [5.74, 6) is 1.74. The third-order valence-corrected chi connectivity index (χ3v) is 2.64. The van der Waals surface area contributed by atoms with Gasteiger partial charge in [0.05, 0.1) is 0 Å². The highest BCUT2D eigenvalue weighted by Gasteiger charge is 2.05. The smallest absolute Gasteiger partial charge is 0.135 e. The minimum absolute atomic E-state index is 0.851. The van der Waals surface area contributed by atoms with Crippen molar-refractivity contribution in [1.29, 1.82) is 0 Å². The zero-order valence-electron chi connectivity index (χ0n) is 9.26. The highest BCUT2D eigenvalue weighted by Crippen LogP contribution is 2.27. The summed E-state index contributed by atoms with van der Waals surface area (Å²) in [6.45, 7) is 0. The average Bonchev–Trinajstić information content (AvgIpc) is 2.90. The fourth-order valence-corrected chi connectivity index (χ4v) is 1.79. The summed E-state index contributed by atoms with van der Waals surface area (Å²) in [4.78, 5) is 0. The van der Waals surface area contributed by atoms with Gasteiger partial charge in [-0.25, -0.2) is 0 Å². The van der Waals surface area contributed by atoms with E-state index in [4.69, 9.17) is 4.42 Å². The van der Waals surface area contributed by atoms with Crippen LogP contribution in [0.3, 0.4) is 0 Å². The van der Waals surface area contributed by atoms with Crippen LogP contribution in [0.25, 0.3) is 22.6 Å². The highest BCUT2D eigenvalue weighted by molar-refractivity contribution is 5.64. The SMILES string of the molecule is [c]1ccccc1-c1ccc(-c2ccccc2)o1. The first-order valence-corrected chi connectivity index (χ1v) is 5.56. The maximum Gasteiger partial charge on any atom is 0.135 e. The third kappa shape index (κ3) is 2.00. The molecule has 1 aromatic heterocycles. The second kappa shape index (κ2) is 4.30. The summed E-state index contributed by atoms with van der Waals surface area (Å²) in [6.07, 6.45) is 0. The fourth-order valence-electron chi connectivity index (χ4n) is 1.79. The Morgan fingerprint density at radius 1 is 0.706 bits per heavy atom. The van der Waals surface area contributed by atoms with Crippen molar-refractivity contribution in [2.24, 2.45) is 0 Å². The largest absolute Gasteiger partial charge is 0.456 e. The Morgan fingerprint density at radius 3 is 2.24 bits per heavy atom. The molecule has 3 rings (SSSR count). The van der Waals surface area contributed by atoms with E-state index in [2.05, 4.69) is 6.07 Å². The van der Waals surface area contributed by atoms with Crippen LogP contribution in [-0.4, -0.2) is 0 Å². The topological polar surface area (TPSA) is 13.1 Å². The maximum absolute atomic E-state index is 5.82. The van der Waals surface area contributed by atoms with Crippen molar-refractivity contribution in [2.75, 3.05) is 0 Å². The minimum atomic E-state index is 0.851. The quantitative estimate of drug-likeness (QED) is 0.622. The van der Waals surface area contributed by atoms with Crippen LogP contribution in [0, 0.1) is 6.07 Å². The van der Waals surface area contributed by atoms with Gasteiger partial charge in [0.15, 0.2) is 0 Å². The Bertz CT molecular complexity index is 540. The lowest BCUT2D eigenvalue weighted by Gasteiger charge is -1.97. The van der Waals surface area contributed by atoms with Gasteiger partial charge in [-0.2, -0.15) is 0 Å². The Balaban J connectivity index is 1.99. The molecule has 0 fully saturated rings. The molecule has 0 N–H and O–H groups in total. The van der Waals surface area contributed by atoms with Crippen molar-refractivity contribution >= 4 is 0 Å². The van der Waals surface area contributed by atoms with Crippen LogP contribution in [-0.2, 0) is 0 Å². The average molecular weight is 219 g/mol. The summed E-state index contributed by atoms with van der Waals surface area (Å²) in [6, 6.07) is 25.0. The Labute approximate surface area is 100 Å². The normalized spacial score (nSPS) is 10.4. The first-order chi connectivity index (χ1) is 8.43. The van der Waals surface area contributed by atoms with Crippen LogP contribution in [0.4, 0.5) is 0 Å². The van der Waals surface area contributed by atoms with Crippen molar-refractivity contribution in [3.05, 3.63) is 72.8 Å². The second-order valence-corrected chi connectivity index (χ2v) is 3.81. The minimum Gasteiger partial charge on any atom is -0.456 e. The molecule has 0 spiro atoms. The van der Waals surface area contributed by atoms with Crippen LogP contribution < -0.4 is 0 Å². The molecule has 1 heteroatoms. The van der Waals surface area contributed by atoms with Gasteiger partial charge in [0.1, 0.15) is 11.5 Å². The molecule has 0 saturated heterocycles. The second-order valence-electron chi connectivity index (χ2n) is 3.81. The van der Waals surface area contributed by atoms with E-state index < -0.39 is 0 Å². The van der Waals surface area contributed by atoms with Crippen molar-refractivity contribution in [3.8, 4) is 22.6 Å². The van der Waals surface area contributed by atoms with E-state index in [1.165, 1.54) is 0 Å². The first-order valence-electron chi connectivity index (χ1n) is 5.56. The lowest BCUT2D eigenvalue weighted by atomic mass is 10.2. The zero-order chi connectivity index (χ0) is 11.5. The highest BCUT2D eigenvalue weighted by atomic mass is 16.3. The van der Waals surface area contributed by atoms with Crippen molar-refractivity contribution in [1.82, 2.24) is 0 Å². The molecule has 0 aliphatic heterocycles. The standard InChI is InChI=1S/C16H11O/c1-3-7-13(8-4-1)15-11-12-16(17-15)14-9-5-2-6-10-14/h1-9,11-12H. The molecule has 0 amide bonds. The Morgan fingerprint density at radius 2 is 1.47 bits per heavy atom. The van der Waals surface area contributed by atoms with Crippen LogP contribution in [0.2, 0.25) is 0 Å². The van der Waals surface area contributed by atoms with Crippen molar-refractivity contribution < 1.29 is 4.42 Å². The van der Waals surface area contributed by atoms with Crippen LogP contribution >= 0.6 is 0 Å². The first kappa shape index (κ1) is 9.91. The molecule has 0 unspecified atom stereocenters. The van der Waals surface area contributed by atoms with Gasteiger partial charge in [-0.05, 0) is 18.2 Å². The molecule has 1 heterocycles. The predicted octanol–water partition coefficient (Wildman–Crippen LogP) is 4.41. The van der Waals surface area contributed by atoms with Gasteiger partial charge in [0.2, 0.25) is 0 Å². The molecule has 17 heavy (non-hydrogen) atoms. The van der Waals surface area contributed by atoms with Crippen LogP contribution in [0.5, 0.6) is 0 Å². The van der Waals surface area contributed by atoms with E-state index >= 15 is 0 Å². The summed E-state index contributed by atoms with van der Waals surface area (Å²) in [5.41, 5.74) is 2.07. The number of benzene rings is 2. The molecular formula is C16H11O. The van der Waals surface area contributed by atoms with Gasteiger partial charge in [0, 0.05) is 11.1 Å². The molecule has 0 saturated carbocycles. The van der Waals surface area contributed by atoms with E-state index in [1.54, 1.807) is 0 Å². The van der Waals surface area contributed by atoms with Gasteiger partial charge >= 0.3 is 0 Å². The van der Waals surface area contributed by atoms with E-state index in [9.17, 15) is 0 Å². The van der Waals surface area contributed by atoms with Gasteiger partial charge in [-0.15, -0.1) is 0 Å². The lowest BCUT2D eigenvalue weighted by molar-refractivity contribution is 0.597. The van der Waals surface area contributed by atoms with E-state index in [-0.39, 0.29) is 0 Å². The number of rotatable bonds is 2. The van der Waals surface area contributed by atoms with Crippen molar-refractivity contribution in [3.63, 3.8) is 0 Å². The monoisotopic (exact) mass is 219 g/mol. The van der Waals surface area contributed by atoms with Crippen LogP contribution in [0.1, 0.15) is 0 Å². The summed E-state index contributed by atoms with van der Waals surface area (Å²) >= 11 is 0. The molecule has 81 valence electrons. The van der Waals surface area contributed by atoms with E-state index in [1.807, 2.05) is 66.7 Å². The molecule has 0 bridgehead atoms. The number of furan rings is 1. The van der Waals surface area contributed by atoms with E-state index in [0.717, 1.165) is 22.6 Å². The molecule has 3 aromatic rings. The predicted molar refractivity (Wildman–Crippen MR) is 68.4 cm³/mol. The van der Waals surface area contributed by atoms with Crippen LogP contribution in [0.15, 0.2) is 71.1 Å². The Hall–Kier alpha value is -2.28. The molecule has 0 aliphatic rings. The zero-order valence-corrected chi connectivity index (χ0v) is 9.26. The summed E-state index contributed by atoms with van der Waals surface area (Å²) < 4.78 is 5.82. The molecule has 2 aromatic carbocycles. The summed E-state index contributed by atoms with van der Waals surface area (Å²) in [7, 11) is 0. The fraction of sp³-hybridized carbons (Fsp3) is 0. The molecule has 1 radical (unpaired) electrons. The van der Waals surface area contributed by atoms with Gasteiger partial charge in [-0.1, -0.05) is 54.6 Å². The molecule has 0 atom stereocenters. The number of hydrogen-bond acceptors (Lipinski definition) is 1. The lowest BCUT2D eigenvalue weighted by Crippen LogP contribution is -1.72. The van der Waals surface area contributed by atoms with Crippen molar-refractivity contribution in [2.45, 2.75) is 0 Å². The van der Waals surface area contributed by atoms with Gasteiger partial charge in [-0.3, -0.25) is 0 Å². The number of hydrogen-bond donors (Lipinski definition) is 0. The maximum atomic E-state index is 5.82. The molecular weight excluding hydrogens is 208 g/mol. The van der Waals surface area contributed by atoms with Gasteiger partial charge < -0.3 is 4.42 Å². The molecule has 1 nitrogen and oxygen atoms in total. The Kier molecular flexibility index (Phi) is 2.51. The third-order valence-electron chi connectivity index (χ3n) is 2.64. The summed E-state index contributed by atoms with van der Waals surface area (Å²) in [5, 5.41) is 0. The van der Waals surface area contributed by atoms with E-state index in [0.29, 0.717) is 0 Å².